The molecule has 22 heavy (non-hydrogen) atoms. The maximum atomic E-state index is 10.2. The molecule has 0 amide bonds. The Morgan fingerprint density at radius 1 is 1.14 bits per heavy atom. The van der Waals surface area contributed by atoms with Gasteiger partial charge in [0.15, 0.2) is 0 Å². The number of hydrogen-bond acceptors (Lipinski definition) is 3. The van der Waals surface area contributed by atoms with Crippen molar-refractivity contribution in [3.8, 4) is 0 Å². The second-order valence-electron chi connectivity index (χ2n) is 5.62. The van der Waals surface area contributed by atoms with E-state index < -0.39 is 6.10 Å². The van der Waals surface area contributed by atoms with E-state index in [-0.39, 0.29) is 0 Å². The van der Waals surface area contributed by atoms with Gasteiger partial charge >= 0.3 is 0 Å². The molecule has 0 fully saturated rings. The fourth-order valence-corrected chi connectivity index (χ4v) is 2.92. The van der Waals surface area contributed by atoms with Gasteiger partial charge in [-0.3, -0.25) is 0 Å². The first-order valence-corrected chi connectivity index (χ1v) is 7.93. The molecule has 0 radical (unpaired) electrons. The number of halogens is 1. The summed E-state index contributed by atoms with van der Waals surface area (Å²) in [6, 6.07) is 15.9. The Morgan fingerprint density at radius 3 is 2.73 bits per heavy atom. The van der Waals surface area contributed by atoms with Crippen molar-refractivity contribution < 1.29 is 9.84 Å². The van der Waals surface area contributed by atoms with Crippen LogP contribution >= 0.6 is 11.6 Å². The summed E-state index contributed by atoms with van der Waals surface area (Å²) in [5, 5.41) is 10.9. The molecule has 1 aliphatic rings. The first kappa shape index (κ1) is 15.3. The predicted molar refractivity (Wildman–Crippen MR) is 89.5 cm³/mol. The Morgan fingerprint density at radius 2 is 1.91 bits per heavy atom. The van der Waals surface area contributed by atoms with Gasteiger partial charge < -0.3 is 14.7 Å². The first-order valence-electron chi connectivity index (χ1n) is 7.55. The molecule has 1 unspecified atom stereocenters. The van der Waals surface area contributed by atoms with Gasteiger partial charge in [-0.1, -0.05) is 41.9 Å². The monoisotopic (exact) mass is 317 g/mol. The molecular weight excluding hydrogens is 298 g/mol. The molecule has 1 aliphatic heterocycles. The third-order valence-corrected chi connectivity index (χ3v) is 4.16. The molecule has 3 nitrogen and oxygen atoms in total. The standard InChI is InChI=1S/C18H20ClNO2/c19-16-7-5-14(6-8-16)12-22-13-17(21)11-20-10-9-15-3-1-2-4-18(15)20/h1-8,17,21H,9-13H2. The fourth-order valence-electron chi connectivity index (χ4n) is 2.80. The highest BCUT2D eigenvalue weighted by atomic mass is 35.5. The van der Waals surface area contributed by atoms with Gasteiger partial charge in [0.2, 0.25) is 0 Å². The molecule has 1 heterocycles. The zero-order valence-electron chi connectivity index (χ0n) is 12.4. The van der Waals surface area contributed by atoms with E-state index in [4.69, 9.17) is 16.3 Å². The van der Waals surface area contributed by atoms with Gasteiger partial charge in [-0.2, -0.15) is 0 Å². The van der Waals surface area contributed by atoms with Gasteiger partial charge in [-0.05, 0) is 35.7 Å². The maximum absolute atomic E-state index is 10.2. The topological polar surface area (TPSA) is 32.7 Å². The SMILES string of the molecule is OC(COCc1ccc(Cl)cc1)CN1CCc2ccccc21. The van der Waals surface area contributed by atoms with Crippen LogP contribution in [0.4, 0.5) is 5.69 Å². The van der Waals surface area contributed by atoms with Crippen LogP contribution in [0.3, 0.4) is 0 Å². The summed E-state index contributed by atoms with van der Waals surface area (Å²) < 4.78 is 5.60. The van der Waals surface area contributed by atoms with E-state index in [9.17, 15) is 5.11 Å². The number of fused-ring (bicyclic) bond motifs is 1. The molecule has 0 saturated carbocycles. The van der Waals surface area contributed by atoms with Crippen molar-refractivity contribution in [3.63, 3.8) is 0 Å². The molecule has 0 aromatic heterocycles. The molecule has 116 valence electrons. The predicted octanol–water partition coefficient (Wildman–Crippen LogP) is 3.28. The van der Waals surface area contributed by atoms with Crippen LogP contribution in [0.1, 0.15) is 11.1 Å². The van der Waals surface area contributed by atoms with E-state index in [2.05, 4.69) is 23.1 Å². The molecule has 0 aliphatic carbocycles. The minimum absolute atomic E-state index is 0.335. The van der Waals surface area contributed by atoms with Gasteiger partial charge in [0.25, 0.3) is 0 Å². The van der Waals surface area contributed by atoms with Crippen molar-refractivity contribution >= 4 is 17.3 Å². The lowest BCUT2D eigenvalue weighted by Crippen LogP contribution is -2.33. The van der Waals surface area contributed by atoms with E-state index in [1.165, 1.54) is 11.3 Å². The lowest BCUT2D eigenvalue weighted by atomic mass is 10.2. The highest BCUT2D eigenvalue weighted by Crippen LogP contribution is 2.27. The van der Waals surface area contributed by atoms with E-state index in [0.717, 1.165) is 23.6 Å². The first-order chi connectivity index (χ1) is 10.7. The van der Waals surface area contributed by atoms with Crippen molar-refractivity contribution in [2.24, 2.45) is 0 Å². The van der Waals surface area contributed by atoms with Crippen LogP contribution in [-0.4, -0.2) is 30.9 Å². The van der Waals surface area contributed by atoms with Crippen LogP contribution in [0, 0.1) is 0 Å². The lowest BCUT2D eigenvalue weighted by molar-refractivity contribution is 0.0321. The van der Waals surface area contributed by atoms with Crippen molar-refractivity contribution in [1.29, 1.82) is 0 Å². The molecule has 0 spiro atoms. The van der Waals surface area contributed by atoms with Gasteiger partial charge in [-0.25, -0.2) is 0 Å². The molecular formula is C18H20ClNO2. The van der Waals surface area contributed by atoms with Crippen molar-refractivity contribution in [3.05, 3.63) is 64.7 Å². The second-order valence-corrected chi connectivity index (χ2v) is 6.06. The average Bonchev–Trinajstić information content (AvgIpc) is 2.93. The molecule has 3 rings (SSSR count). The van der Waals surface area contributed by atoms with Crippen LogP contribution in [0.25, 0.3) is 0 Å². The molecule has 4 heteroatoms. The quantitative estimate of drug-likeness (QED) is 0.887. The largest absolute Gasteiger partial charge is 0.389 e. The number of ether oxygens (including phenoxy) is 1. The van der Waals surface area contributed by atoms with Crippen LogP contribution in [0.5, 0.6) is 0 Å². The number of β-amino-alcohol motifs (C(OH)–C–C–N with tert-alkyl or cyclic N) is 1. The lowest BCUT2D eigenvalue weighted by Gasteiger charge is -2.22. The number of aliphatic hydroxyl groups is 1. The molecule has 2 aromatic carbocycles. The molecule has 1 N–H and O–H groups in total. The summed E-state index contributed by atoms with van der Waals surface area (Å²) >= 11 is 5.85. The summed E-state index contributed by atoms with van der Waals surface area (Å²) in [6.07, 6.45) is 0.563. The van der Waals surface area contributed by atoms with Crippen molar-refractivity contribution in [2.75, 3.05) is 24.6 Å². The van der Waals surface area contributed by atoms with Crippen molar-refractivity contribution in [2.45, 2.75) is 19.1 Å². The van der Waals surface area contributed by atoms with Crippen LogP contribution < -0.4 is 4.90 Å². The van der Waals surface area contributed by atoms with Crippen LogP contribution in [0.15, 0.2) is 48.5 Å². The van der Waals surface area contributed by atoms with Gasteiger partial charge in [0.1, 0.15) is 0 Å². The second kappa shape index (κ2) is 7.14. The Bertz CT molecular complexity index is 615. The Balaban J connectivity index is 1.45. The molecule has 0 saturated heterocycles. The number of aliphatic hydroxyl groups excluding tert-OH is 1. The van der Waals surface area contributed by atoms with Gasteiger partial charge in [0, 0.05) is 23.8 Å². The third kappa shape index (κ3) is 3.80. The summed E-state index contributed by atoms with van der Waals surface area (Å²) in [7, 11) is 0. The summed E-state index contributed by atoms with van der Waals surface area (Å²) in [4.78, 5) is 2.23. The smallest absolute Gasteiger partial charge is 0.0948 e. The number of rotatable bonds is 6. The minimum atomic E-state index is -0.488. The Hall–Kier alpha value is -1.55. The number of para-hydroxylation sites is 1. The number of anilines is 1. The zero-order valence-corrected chi connectivity index (χ0v) is 13.2. The number of benzene rings is 2. The van der Waals surface area contributed by atoms with Gasteiger partial charge in [0.05, 0.1) is 19.3 Å². The normalized spacial score (nSPS) is 14.9. The van der Waals surface area contributed by atoms with E-state index in [0.29, 0.717) is 19.8 Å². The fraction of sp³-hybridized carbons (Fsp3) is 0.333. The maximum Gasteiger partial charge on any atom is 0.0948 e. The Kier molecular flexibility index (Phi) is 4.98. The summed E-state index contributed by atoms with van der Waals surface area (Å²) in [5.41, 5.74) is 3.65. The highest BCUT2D eigenvalue weighted by molar-refractivity contribution is 6.30. The van der Waals surface area contributed by atoms with E-state index >= 15 is 0 Å². The molecule has 1 atom stereocenters. The molecule has 0 bridgehead atoms. The number of nitrogens with zero attached hydrogens (tertiary/aromatic N) is 1. The average molecular weight is 318 g/mol. The van der Waals surface area contributed by atoms with Crippen LogP contribution in [0.2, 0.25) is 5.02 Å². The summed E-state index contributed by atoms with van der Waals surface area (Å²) in [5.74, 6) is 0. The number of hydrogen-bond donors (Lipinski definition) is 1. The van der Waals surface area contributed by atoms with Crippen LogP contribution in [-0.2, 0) is 17.8 Å². The van der Waals surface area contributed by atoms with Crippen molar-refractivity contribution in [1.82, 2.24) is 0 Å². The minimum Gasteiger partial charge on any atom is -0.389 e. The van der Waals surface area contributed by atoms with E-state index in [1.807, 2.05) is 30.3 Å². The van der Waals surface area contributed by atoms with E-state index in [1.54, 1.807) is 0 Å². The highest BCUT2D eigenvalue weighted by Gasteiger charge is 2.20. The zero-order chi connectivity index (χ0) is 15.4. The molecule has 2 aromatic rings. The van der Waals surface area contributed by atoms with Gasteiger partial charge in [-0.15, -0.1) is 0 Å². The third-order valence-electron chi connectivity index (χ3n) is 3.91. The summed E-state index contributed by atoms with van der Waals surface area (Å²) in [6.45, 7) is 2.40. The Labute approximate surface area is 136 Å².